The van der Waals surface area contributed by atoms with Gasteiger partial charge in [-0.1, -0.05) is 26.0 Å². The van der Waals surface area contributed by atoms with Crippen molar-refractivity contribution in [3.63, 3.8) is 0 Å². The molecule has 3 atom stereocenters. The molecule has 2 aliphatic carbocycles. The van der Waals surface area contributed by atoms with Crippen LogP contribution in [-0.2, 0) is 4.79 Å². The van der Waals surface area contributed by atoms with Gasteiger partial charge in [0.25, 0.3) is 0 Å². The molecule has 2 saturated carbocycles. The first-order valence-electron chi connectivity index (χ1n) is 4.72. The molecule has 0 spiro atoms. The number of fused-ring (bicyclic) bond motifs is 1. The van der Waals surface area contributed by atoms with Gasteiger partial charge in [-0.15, -0.1) is 0 Å². The Kier molecular flexibility index (Phi) is 1.48. The van der Waals surface area contributed by atoms with Gasteiger partial charge in [0.05, 0.1) is 0 Å². The Balaban J connectivity index is 2.31. The first kappa shape index (κ1) is 8.03. The molecule has 0 amide bonds. The highest BCUT2D eigenvalue weighted by Crippen LogP contribution is 2.56. The standard InChI is InChI=1S/C11H16O/c1-7-5-11(3)6-9(12)4-10(11)8(7)2/h8,10H,1,4-6H2,2-3H3/t8?,10-,11-/m0/s1. The van der Waals surface area contributed by atoms with E-state index in [0.717, 1.165) is 19.3 Å². The largest absolute Gasteiger partial charge is 0.300 e. The fourth-order valence-corrected chi connectivity index (χ4v) is 3.08. The summed E-state index contributed by atoms with van der Waals surface area (Å²) in [4.78, 5) is 11.3. The van der Waals surface area contributed by atoms with Crippen LogP contribution >= 0.6 is 0 Å². The first-order valence-corrected chi connectivity index (χ1v) is 4.72. The summed E-state index contributed by atoms with van der Waals surface area (Å²) >= 11 is 0. The van der Waals surface area contributed by atoms with Gasteiger partial charge >= 0.3 is 0 Å². The fraction of sp³-hybridized carbons (Fsp3) is 0.727. The van der Waals surface area contributed by atoms with E-state index in [0.29, 0.717) is 17.6 Å². The molecule has 0 heterocycles. The number of Topliss-reactive ketones (excluding diaryl/α,β-unsaturated/α-hetero) is 1. The highest BCUT2D eigenvalue weighted by atomic mass is 16.1. The molecule has 1 nitrogen and oxygen atoms in total. The summed E-state index contributed by atoms with van der Waals surface area (Å²) in [5, 5.41) is 0. The van der Waals surface area contributed by atoms with Gasteiger partial charge in [-0.05, 0) is 23.7 Å². The zero-order valence-electron chi connectivity index (χ0n) is 7.89. The fourth-order valence-electron chi connectivity index (χ4n) is 3.08. The van der Waals surface area contributed by atoms with Crippen molar-refractivity contribution in [2.75, 3.05) is 0 Å². The van der Waals surface area contributed by atoms with Crippen molar-refractivity contribution in [2.24, 2.45) is 17.3 Å². The van der Waals surface area contributed by atoms with E-state index in [4.69, 9.17) is 0 Å². The van der Waals surface area contributed by atoms with Gasteiger partial charge in [-0.3, -0.25) is 4.79 Å². The second kappa shape index (κ2) is 2.21. The third-order valence-electron chi connectivity index (χ3n) is 3.82. The summed E-state index contributed by atoms with van der Waals surface area (Å²) < 4.78 is 0. The number of allylic oxidation sites excluding steroid dienone is 1. The van der Waals surface area contributed by atoms with Gasteiger partial charge in [0.2, 0.25) is 0 Å². The summed E-state index contributed by atoms with van der Waals surface area (Å²) in [6, 6.07) is 0. The van der Waals surface area contributed by atoms with Crippen molar-refractivity contribution < 1.29 is 4.79 Å². The number of rotatable bonds is 0. The summed E-state index contributed by atoms with van der Waals surface area (Å²) in [6.45, 7) is 8.54. The van der Waals surface area contributed by atoms with E-state index < -0.39 is 0 Å². The van der Waals surface area contributed by atoms with Crippen molar-refractivity contribution in [3.8, 4) is 0 Å². The molecule has 0 aliphatic heterocycles. The van der Waals surface area contributed by atoms with Crippen molar-refractivity contribution in [1.82, 2.24) is 0 Å². The van der Waals surface area contributed by atoms with Crippen molar-refractivity contribution in [3.05, 3.63) is 12.2 Å². The molecule has 0 aromatic carbocycles. The van der Waals surface area contributed by atoms with Crippen molar-refractivity contribution in [2.45, 2.75) is 33.1 Å². The van der Waals surface area contributed by atoms with Crippen LogP contribution in [0.4, 0.5) is 0 Å². The lowest BCUT2D eigenvalue weighted by atomic mass is 9.80. The lowest BCUT2D eigenvalue weighted by molar-refractivity contribution is -0.118. The van der Waals surface area contributed by atoms with Crippen LogP contribution in [0.2, 0.25) is 0 Å². The molecule has 2 rings (SSSR count). The van der Waals surface area contributed by atoms with Crippen LogP contribution in [0.25, 0.3) is 0 Å². The molecule has 1 unspecified atom stereocenters. The van der Waals surface area contributed by atoms with E-state index in [2.05, 4.69) is 20.4 Å². The minimum atomic E-state index is 0.271. The van der Waals surface area contributed by atoms with Crippen molar-refractivity contribution >= 4 is 5.78 Å². The lowest BCUT2D eigenvalue weighted by Gasteiger charge is -2.23. The highest BCUT2D eigenvalue weighted by molar-refractivity contribution is 5.82. The average molecular weight is 164 g/mol. The Labute approximate surface area is 73.8 Å². The molecular weight excluding hydrogens is 148 g/mol. The molecule has 2 fully saturated rings. The van der Waals surface area contributed by atoms with E-state index >= 15 is 0 Å². The van der Waals surface area contributed by atoms with Crippen LogP contribution in [0.15, 0.2) is 12.2 Å². The Bertz CT molecular complexity index is 254. The zero-order chi connectivity index (χ0) is 8.93. The van der Waals surface area contributed by atoms with Crippen LogP contribution < -0.4 is 0 Å². The molecule has 0 bridgehead atoms. The van der Waals surface area contributed by atoms with Gasteiger partial charge < -0.3 is 0 Å². The van der Waals surface area contributed by atoms with Crippen molar-refractivity contribution in [1.29, 1.82) is 0 Å². The molecule has 2 aliphatic rings. The Hall–Kier alpha value is -0.590. The van der Waals surface area contributed by atoms with Crippen LogP contribution in [0.5, 0.6) is 0 Å². The smallest absolute Gasteiger partial charge is 0.133 e. The Morgan fingerprint density at radius 3 is 2.75 bits per heavy atom. The summed E-state index contributed by atoms with van der Waals surface area (Å²) in [5.74, 6) is 1.63. The van der Waals surface area contributed by atoms with Gasteiger partial charge in [-0.2, -0.15) is 0 Å². The second-order valence-electron chi connectivity index (χ2n) is 4.80. The number of ketones is 1. The Morgan fingerprint density at radius 1 is 1.50 bits per heavy atom. The van der Waals surface area contributed by atoms with Crippen LogP contribution in [0, 0.1) is 17.3 Å². The van der Waals surface area contributed by atoms with E-state index in [1.807, 2.05) is 0 Å². The summed E-state index contributed by atoms with van der Waals surface area (Å²) in [6.07, 6.45) is 2.67. The minimum absolute atomic E-state index is 0.271. The molecule has 1 heteroatoms. The number of hydrogen-bond donors (Lipinski definition) is 0. The van der Waals surface area contributed by atoms with Gasteiger partial charge in [0.15, 0.2) is 0 Å². The number of hydrogen-bond acceptors (Lipinski definition) is 1. The maximum atomic E-state index is 11.3. The molecule has 0 N–H and O–H groups in total. The van der Waals surface area contributed by atoms with E-state index in [1.165, 1.54) is 5.57 Å². The third-order valence-corrected chi connectivity index (χ3v) is 3.82. The van der Waals surface area contributed by atoms with Gasteiger partial charge in [0.1, 0.15) is 5.78 Å². The molecular formula is C11H16O. The van der Waals surface area contributed by atoms with E-state index in [1.54, 1.807) is 0 Å². The second-order valence-corrected chi connectivity index (χ2v) is 4.80. The number of carbonyl (C=O) groups excluding carboxylic acids is 1. The summed E-state index contributed by atoms with van der Waals surface area (Å²) in [5.41, 5.74) is 1.63. The predicted octanol–water partition coefficient (Wildman–Crippen LogP) is 2.57. The van der Waals surface area contributed by atoms with Gasteiger partial charge in [0, 0.05) is 12.8 Å². The lowest BCUT2D eigenvalue weighted by Crippen LogP contribution is -2.17. The minimum Gasteiger partial charge on any atom is -0.300 e. The topological polar surface area (TPSA) is 17.1 Å². The molecule has 0 radical (unpaired) electrons. The molecule has 0 saturated heterocycles. The molecule has 0 aromatic heterocycles. The normalized spacial score (nSPS) is 46.8. The van der Waals surface area contributed by atoms with Crippen LogP contribution in [0.1, 0.15) is 33.1 Å². The van der Waals surface area contributed by atoms with E-state index in [9.17, 15) is 4.79 Å². The molecule has 0 aromatic rings. The third kappa shape index (κ3) is 0.886. The zero-order valence-corrected chi connectivity index (χ0v) is 7.89. The predicted molar refractivity (Wildman–Crippen MR) is 48.8 cm³/mol. The molecule has 66 valence electrons. The van der Waals surface area contributed by atoms with Crippen LogP contribution in [-0.4, -0.2) is 5.78 Å². The number of carbonyl (C=O) groups is 1. The summed E-state index contributed by atoms with van der Waals surface area (Å²) in [7, 11) is 0. The van der Waals surface area contributed by atoms with Crippen LogP contribution in [0.3, 0.4) is 0 Å². The maximum absolute atomic E-state index is 11.3. The monoisotopic (exact) mass is 164 g/mol. The maximum Gasteiger partial charge on any atom is 0.133 e. The average Bonchev–Trinajstić information content (AvgIpc) is 2.31. The van der Waals surface area contributed by atoms with E-state index in [-0.39, 0.29) is 5.41 Å². The molecule has 12 heavy (non-hydrogen) atoms. The Morgan fingerprint density at radius 2 is 2.17 bits per heavy atom. The quantitative estimate of drug-likeness (QED) is 0.503. The van der Waals surface area contributed by atoms with Gasteiger partial charge in [-0.25, -0.2) is 0 Å². The highest BCUT2D eigenvalue weighted by Gasteiger charge is 2.51. The first-order chi connectivity index (χ1) is 5.53. The SMILES string of the molecule is C=C1C[C@@]2(C)CC(=O)C[C@H]2C1C.